The van der Waals surface area contributed by atoms with Crippen molar-refractivity contribution in [2.45, 2.75) is 19.0 Å². The predicted octanol–water partition coefficient (Wildman–Crippen LogP) is 3.60. The molecule has 0 bridgehead atoms. The quantitative estimate of drug-likeness (QED) is 0.825. The van der Waals surface area contributed by atoms with Gasteiger partial charge in [-0.1, -0.05) is 12.1 Å². The van der Waals surface area contributed by atoms with Crippen LogP contribution in [0.2, 0.25) is 0 Å². The molecule has 0 radical (unpaired) electrons. The fourth-order valence-corrected chi connectivity index (χ4v) is 2.05. The summed E-state index contributed by atoms with van der Waals surface area (Å²) in [5, 5.41) is 2.66. The number of pyridine rings is 1. The number of amides is 1. The molecule has 1 heterocycles. The monoisotopic (exact) mass is 354 g/mol. The highest BCUT2D eigenvalue weighted by atomic mass is 19.4. The van der Waals surface area contributed by atoms with Crippen molar-refractivity contribution >= 4 is 11.7 Å². The second kappa shape index (κ2) is 8.36. The summed E-state index contributed by atoms with van der Waals surface area (Å²) in [6, 6.07) is 9.73. The van der Waals surface area contributed by atoms with Crippen molar-refractivity contribution in [2.75, 3.05) is 19.0 Å². The Morgan fingerprint density at radius 2 is 2.00 bits per heavy atom. The Bertz CT molecular complexity index is 706. The maximum Gasteiger partial charge on any atom is 0.422 e. The molecule has 1 N–H and O–H groups in total. The third kappa shape index (κ3) is 6.33. The molecule has 2 rings (SSSR count). The van der Waals surface area contributed by atoms with Gasteiger partial charge in [0.2, 0.25) is 5.91 Å². The van der Waals surface area contributed by atoms with Gasteiger partial charge < -0.3 is 14.8 Å². The molecule has 0 aliphatic carbocycles. The second-order valence-corrected chi connectivity index (χ2v) is 5.15. The van der Waals surface area contributed by atoms with E-state index >= 15 is 0 Å². The largest absolute Gasteiger partial charge is 0.493 e. The van der Waals surface area contributed by atoms with Gasteiger partial charge in [0.15, 0.2) is 18.1 Å². The fourth-order valence-electron chi connectivity index (χ4n) is 2.05. The number of nitrogens with one attached hydrogen (secondary N) is 1. The molecule has 2 aromatic rings. The number of aromatic nitrogens is 1. The van der Waals surface area contributed by atoms with Gasteiger partial charge in [-0.2, -0.15) is 13.2 Å². The van der Waals surface area contributed by atoms with E-state index < -0.39 is 12.8 Å². The van der Waals surface area contributed by atoms with Crippen molar-refractivity contribution in [2.24, 2.45) is 0 Å². The topological polar surface area (TPSA) is 60.5 Å². The molecule has 1 amide bonds. The first-order valence-corrected chi connectivity index (χ1v) is 7.45. The van der Waals surface area contributed by atoms with E-state index in [1.54, 1.807) is 36.5 Å². The number of methoxy groups -OCH3 is 1. The highest BCUT2D eigenvalue weighted by molar-refractivity contribution is 5.89. The molecular formula is C17H17F3N2O3. The van der Waals surface area contributed by atoms with E-state index in [9.17, 15) is 18.0 Å². The van der Waals surface area contributed by atoms with Gasteiger partial charge in [-0.3, -0.25) is 4.79 Å². The van der Waals surface area contributed by atoms with Crippen LogP contribution in [0.1, 0.15) is 12.0 Å². The highest BCUT2D eigenvalue weighted by Gasteiger charge is 2.29. The Labute approximate surface area is 142 Å². The smallest absolute Gasteiger partial charge is 0.422 e. The molecule has 0 aliphatic heterocycles. The van der Waals surface area contributed by atoms with Crippen molar-refractivity contribution in [3.8, 4) is 11.5 Å². The average molecular weight is 354 g/mol. The SMILES string of the molecule is COc1cc(CCC(=O)Nc2ccccn2)ccc1OCC(F)(F)F. The number of halogens is 3. The Balaban J connectivity index is 1.92. The molecule has 0 atom stereocenters. The van der Waals surface area contributed by atoms with Gasteiger partial charge in [0.25, 0.3) is 0 Å². The van der Waals surface area contributed by atoms with E-state index in [0.717, 1.165) is 5.56 Å². The first kappa shape index (κ1) is 18.6. The zero-order valence-corrected chi connectivity index (χ0v) is 13.5. The van der Waals surface area contributed by atoms with Gasteiger partial charge in [-0.15, -0.1) is 0 Å². The maximum absolute atomic E-state index is 12.2. The molecule has 0 aliphatic rings. The van der Waals surface area contributed by atoms with Gasteiger partial charge >= 0.3 is 6.18 Å². The number of aryl methyl sites for hydroxylation is 1. The van der Waals surface area contributed by atoms with E-state index in [1.165, 1.54) is 13.2 Å². The number of benzene rings is 1. The standard InChI is InChI=1S/C17H17F3N2O3/c1-24-14-10-12(5-7-13(14)25-11-17(18,19)20)6-8-16(23)22-15-4-2-3-9-21-15/h2-5,7,9-10H,6,8,11H2,1H3,(H,21,22,23). The van der Waals surface area contributed by atoms with Crippen LogP contribution in [0.4, 0.5) is 19.0 Å². The van der Waals surface area contributed by atoms with Gasteiger partial charge in [-0.25, -0.2) is 4.98 Å². The van der Waals surface area contributed by atoms with Crippen molar-refractivity contribution in [1.82, 2.24) is 4.98 Å². The predicted molar refractivity (Wildman–Crippen MR) is 85.7 cm³/mol. The molecule has 134 valence electrons. The number of carbonyl (C=O) groups excluding carboxylic acids is 1. The lowest BCUT2D eigenvalue weighted by atomic mass is 10.1. The minimum Gasteiger partial charge on any atom is -0.493 e. The van der Waals surface area contributed by atoms with Crippen LogP contribution in [0.15, 0.2) is 42.6 Å². The van der Waals surface area contributed by atoms with Gasteiger partial charge in [0, 0.05) is 12.6 Å². The zero-order chi connectivity index (χ0) is 18.3. The number of anilines is 1. The van der Waals surface area contributed by atoms with Crippen LogP contribution in [-0.4, -0.2) is 30.8 Å². The number of hydrogen-bond donors (Lipinski definition) is 1. The van der Waals surface area contributed by atoms with Crippen LogP contribution < -0.4 is 14.8 Å². The molecule has 1 aromatic heterocycles. The van der Waals surface area contributed by atoms with Crippen LogP contribution in [0, 0.1) is 0 Å². The molecule has 0 fully saturated rings. The number of alkyl halides is 3. The van der Waals surface area contributed by atoms with Gasteiger partial charge in [0.05, 0.1) is 7.11 Å². The van der Waals surface area contributed by atoms with Crippen LogP contribution in [0.5, 0.6) is 11.5 Å². The molecule has 5 nitrogen and oxygen atoms in total. The summed E-state index contributed by atoms with van der Waals surface area (Å²) in [6.45, 7) is -1.39. The van der Waals surface area contributed by atoms with Gasteiger partial charge in [0.1, 0.15) is 5.82 Å². The molecule has 25 heavy (non-hydrogen) atoms. The molecule has 0 unspecified atom stereocenters. The van der Waals surface area contributed by atoms with Crippen molar-refractivity contribution in [3.05, 3.63) is 48.2 Å². The number of carbonyl (C=O) groups is 1. The zero-order valence-electron chi connectivity index (χ0n) is 13.5. The van der Waals surface area contributed by atoms with E-state index in [1.807, 2.05) is 0 Å². The van der Waals surface area contributed by atoms with E-state index in [0.29, 0.717) is 12.2 Å². The van der Waals surface area contributed by atoms with Crippen LogP contribution in [-0.2, 0) is 11.2 Å². The minimum absolute atomic E-state index is 0.00140. The Hall–Kier alpha value is -2.77. The lowest BCUT2D eigenvalue weighted by Crippen LogP contribution is -2.19. The second-order valence-electron chi connectivity index (χ2n) is 5.15. The molecular weight excluding hydrogens is 337 g/mol. The molecule has 0 saturated heterocycles. The number of rotatable bonds is 7. The summed E-state index contributed by atoms with van der Waals surface area (Å²) in [4.78, 5) is 15.9. The van der Waals surface area contributed by atoms with Gasteiger partial charge in [-0.05, 0) is 36.2 Å². The minimum atomic E-state index is -4.42. The number of hydrogen-bond acceptors (Lipinski definition) is 4. The first-order chi connectivity index (χ1) is 11.9. The Morgan fingerprint density at radius 1 is 1.20 bits per heavy atom. The number of nitrogens with zero attached hydrogens (tertiary/aromatic N) is 1. The summed E-state index contributed by atoms with van der Waals surface area (Å²) in [7, 11) is 1.34. The van der Waals surface area contributed by atoms with Crippen molar-refractivity contribution in [1.29, 1.82) is 0 Å². The third-order valence-electron chi connectivity index (χ3n) is 3.19. The average Bonchev–Trinajstić information content (AvgIpc) is 2.58. The highest BCUT2D eigenvalue weighted by Crippen LogP contribution is 2.30. The summed E-state index contributed by atoms with van der Waals surface area (Å²) >= 11 is 0. The summed E-state index contributed by atoms with van der Waals surface area (Å²) in [5.74, 6) is 0.435. The molecule has 1 aromatic carbocycles. The Morgan fingerprint density at radius 3 is 2.64 bits per heavy atom. The summed E-state index contributed by atoms with van der Waals surface area (Å²) < 4.78 is 46.5. The van der Waals surface area contributed by atoms with Crippen LogP contribution in [0.3, 0.4) is 0 Å². The lowest BCUT2D eigenvalue weighted by molar-refractivity contribution is -0.153. The normalized spacial score (nSPS) is 11.0. The summed E-state index contributed by atoms with van der Waals surface area (Å²) in [6.07, 6.45) is -2.26. The third-order valence-corrected chi connectivity index (χ3v) is 3.19. The molecule has 0 saturated carbocycles. The Kier molecular flexibility index (Phi) is 6.21. The fraction of sp³-hybridized carbons (Fsp3) is 0.294. The van der Waals surface area contributed by atoms with E-state index in [-0.39, 0.29) is 23.8 Å². The lowest BCUT2D eigenvalue weighted by Gasteiger charge is -2.13. The van der Waals surface area contributed by atoms with E-state index in [2.05, 4.69) is 10.3 Å². The van der Waals surface area contributed by atoms with Crippen LogP contribution in [0.25, 0.3) is 0 Å². The molecule has 8 heteroatoms. The number of ether oxygens (including phenoxy) is 2. The first-order valence-electron chi connectivity index (χ1n) is 7.45. The van der Waals surface area contributed by atoms with Crippen LogP contribution >= 0.6 is 0 Å². The van der Waals surface area contributed by atoms with E-state index in [4.69, 9.17) is 9.47 Å². The molecule has 0 spiro atoms. The van der Waals surface area contributed by atoms with Crippen molar-refractivity contribution < 1.29 is 27.4 Å². The van der Waals surface area contributed by atoms with Crippen molar-refractivity contribution in [3.63, 3.8) is 0 Å². The summed E-state index contributed by atoms with van der Waals surface area (Å²) in [5.41, 5.74) is 0.743. The maximum atomic E-state index is 12.2.